The minimum atomic E-state index is -3.26. The minimum Gasteiger partial charge on any atom is -0.385 e. The molecule has 0 spiro atoms. The van der Waals surface area contributed by atoms with Crippen molar-refractivity contribution < 1.29 is 8.42 Å². The first-order valence-electron chi connectivity index (χ1n) is 10.3. The van der Waals surface area contributed by atoms with E-state index >= 15 is 0 Å². The topological polar surface area (TPSA) is 61.4 Å². The molecular formula is C21H37N3O2S. The minimum absolute atomic E-state index is 0.0822. The highest BCUT2D eigenvalue weighted by atomic mass is 32.2. The third-order valence-corrected chi connectivity index (χ3v) is 7.82. The van der Waals surface area contributed by atoms with Gasteiger partial charge in [-0.1, -0.05) is 0 Å². The second-order valence-corrected chi connectivity index (χ2v) is 11.0. The molecule has 2 N–H and O–H groups in total. The molecule has 0 bridgehead atoms. The average molecular weight is 396 g/mol. The number of anilines is 2. The fourth-order valence-corrected chi connectivity index (χ4v) is 4.55. The van der Waals surface area contributed by atoms with Crippen LogP contribution in [-0.2, 0) is 10.0 Å². The van der Waals surface area contributed by atoms with Crippen molar-refractivity contribution in [3.05, 3.63) is 24.3 Å². The monoisotopic (exact) mass is 395 g/mol. The van der Waals surface area contributed by atoms with Gasteiger partial charge in [-0.25, -0.2) is 13.1 Å². The van der Waals surface area contributed by atoms with Crippen LogP contribution in [0.25, 0.3) is 0 Å². The van der Waals surface area contributed by atoms with Crippen LogP contribution in [-0.4, -0.2) is 38.8 Å². The highest BCUT2D eigenvalue weighted by Gasteiger charge is 2.32. The lowest BCUT2D eigenvalue weighted by molar-refractivity contribution is 0.322. The zero-order chi connectivity index (χ0) is 20.1. The molecule has 1 aromatic rings. The zero-order valence-electron chi connectivity index (χ0n) is 17.6. The maximum absolute atomic E-state index is 12.3. The van der Waals surface area contributed by atoms with Gasteiger partial charge in [-0.2, -0.15) is 0 Å². The van der Waals surface area contributed by atoms with Crippen LogP contribution in [0.15, 0.2) is 24.3 Å². The molecule has 6 heteroatoms. The smallest absolute Gasteiger partial charge is 0.216 e. The summed E-state index contributed by atoms with van der Waals surface area (Å²) in [5, 5.41) is 3.55. The molecule has 0 saturated heterocycles. The van der Waals surface area contributed by atoms with Crippen molar-refractivity contribution in [1.82, 2.24) is 4.72 Å². The van der Waals surface area contributed by atoms with Crippen LogP contribution in [0.4, 0.5) is 11.4 Å². The molecule has 1 aromatic carbocycles. The summed E-state index contributed by atoms with van der Waals surface area (Å²) in [7, 11) is -3.26. The van der Waals surface area contributed by atoms with Crippen molar-refractivity contribution in [2.45, 2.75) is 71.1 Å². The Hall–Kier alpha value is -1.27. The first-order chi connectivity index (χ1) is 12.7. The van der Waals surface area contributed by atoms with Crippen LogP contribution < -0.4 is 14.9 Å². The van der Waals surface area contributed by atoms with Crippen LogP contribution in [0.1, 0.15) is 60.3 Å². The van der Waals surface area contributed by atoms with Gasteiger partial charge in [-0.05, 0) is 90.5 Å². The summed E-state index contributed by atoms with van der Waals surface area (Å²) in [5.74, 6) is 0.600. The maximum atomic E-state index is 12.3. The highest BCUT2D eigenvalue weighted by Crippen LogP contribution is 2.27. The summed E-state index contributed by atoms with van der Waals surface area (Å²) in [5.41, 5.74) is 2.42. The summed E-state index contributed by atoms with van der Waals surface area (Å²) >= 11 is 0. The van der Waals surface area contributed by atoms with Gasteiger partial charge < -0.3 is 10.2 Å². The van der Waals surface area contributed by atoms with E-state index < -0.39 is 14.8 Å². The van der Waals surface area contributed by atoms with E-state index in [4.69, 9.17) is 0 Å². The normalized spacial score (nSPS) is 21.1. The van der Waals surface area contributed by atoms with E-state index in [2.05, 4.69) is 53.1 Å². The van der Waals surface area contributed by atoms with E-state index in [1.807, 2.05) is 0 Å². The molecule has 5 nitrogen and oxygen atoms in total. The fraction of sp³-hybridized carbons (Fsp3) is 0.714. The molecule has 0 unspecified atom stereocenters. The predicted molar refractivity (Wildman–Crippen MR) is 116 cm³/mol. The Kier molecular flexibility index (Phi) is 7.57. The lowest BCUT2D eigenvalue weighted by atomic mass is 9.86. The summed E-state index contributed by atoms with van der Waals surface area (Å²) < 4.78 is 26.8. The number of benzene rings is 1. The third kappa shape index (κ3) is 6.11. The van der Waals surface area contributed by atoms with E-state index in [9.17, 15) is 8.42 Å². The van der Waals surface area contributed by atoms with Gasteiger partial charge in [0.2, 0.25) is 10.0 Å². The largest absolute Gasteiger partial charge is 0.385 e. The molecular weight excluding hydrogens is 358 g/mol. The number of hydrogen-bond donors (Lipinski definition) is 2. The molecule has 0 aliphatic heterocycles. The second-order valence-electron chi connectivity index (χ2n) is 8.55. The lowest BCUT2D eigenvalue weighted by Crippen LogP contribution is -2.46. The molecule has 0 atom stereocenters. The number of rotatable bonds is 8. The zero-order valence-corrected chi connectivity index (χ0v) is 18.4. The van der Waals surface area contributed by atoms with Crippen molar-refractivity contribution in [2.24, 2.45) is 5.92 Å². The fourth-order valence-electron chi connectivity index (χ4n) is 3.52. The molecule has 27 heavy (non-hydrogen) atoms. The number of nitrogens with zero attached hydrogens (tertiary/aromatic N) is 1. The van der Waals surface area contributed by atoms with Gasteiger partial charge in [0.05, 0.1) is 4.75 Å². The standard InChI is InChI=1S/C21H37N3O2S/c1-6-24(7-2)20-14-12-18(13-15-20)22-16-17-8-10-19(11-9-17)23-27(25,26)21(3,4)5/h12-15,17,19,22-23H,6-11,16H2,1-5H3. The van der Waals surface area contributed by atoms with Crippen molar-refractivity contribution >= 4 is 21.4 Å². The van der Waals surface area contributed by atoms with Gasteiger partial charge in [0, 0.05) is 37.1 Å². The molecule has 0 aromatic heterocycles. The molecule has 2 rings (SSSR count). The first-order valence-corrected chi connectivity index (χ1v) is 11.7. The Morgan fingerprint density at radius 3 is 2.04 bits per heavy atom. The summed E-state index contributed by atoms with van der Waals surface area (Å²) in [6, 6.07) is 8.73. The van der Waals surface area contributed by atoms with Gasteiger partial charge in [-0.3, -0.25) is 0 Å². The van der Waals surface area contributed by atoms with Crippen molar-refractivity contribution in [2.75, 3.05) is 29.9 Å². The Bertz CT molecular complexity index is 668. The molecule has 0 amide bonds. The SMILES string of the molecule is CCN(CC)c1ccc(NCC2CCC(NS(=O)(=O)C(C)(C)C)CC2)cc1. The predicted octanol–water partition coefficient (Wildman–Crippen LogP) is 4.22. The lowest BCUT2D eigenvalue weighted by Gasteiger charge is -2.31. The van der Waals surface area contributed by atoms with E-state index in [1.54, 1.807) is 20.8 Å². The van der Waals surface area contributed by atoms with Gasteiger partial charge >= 0.3 is 0 Å². The van der Waals surface area contributed by atoms with Crippen molar-refractivity contribution in [1.29, 1.82) is 0 Å². The van der Waals surface area contributed by atoms with Gasteiger partial charge in [0.15, 0.2) is 0 Å². The Labute approximate surface area is 166 Å². The van der Waals surface area contributed by atoms with Crippen molar-refractivity contribution in [3.63, 3.8) is 0 Å². The van der Waals surface area contributed by atoms with E-state index in [-0.39, 0.29) is 6.04 Å². The molecule has 1 aliphatic carbocycles. The second kappa shape index (κ2) is 9.28. The van der Waals surface area contributed by atoms with Crippen LogP contribution in [0.3, 0.4) is 0 Å². The molecule has 1 fully saturated rings. The summed E-state index contributed by atoms with van der Waals surface area (Å²) in [6.45, 7) is 12.6. The molecule has 0 radical (unpaired) electrons. The van der Waals surface area contributed by atoms with Crippen LogP contribution >= 0.6 is 0 Å². The quantitative estimate of drug-likeness (QED) is 0.692. The number of hydrogen-bond acceptors (Lipinski definition) is 4. The van der Waals surface area contributed by atoms with Gasteiger partial charge in [-0.15, -0.1) is 0 Å². The van der Waals surface area contributed by atoms with Crippen LogP contribution in [0, 0.1) is 5.92 Å². The van der Waals surface area contributed by atoms with Crippen LogP contribution in [0.5, 0.6) is 0 Å². The number of sulfonamides is 1. The van der Waals surface area contributed by atoms with Crippen LogP contribution in [0.2, 0.25) is 0 Å². The van der Waals surface area contributed by atoms with E-state index in [0.717, 1.165) is 51.0 Å². The van der Waals surface area contributed by atoms with Gasteiger partial charge in [0.25, 0.3) is 0 Å². The Morgan fingerprint density at radius 1 is 1.00 bits per heavy atom. The first kappa shape index (κ1) is 22.0. The molecule has 1 aliphatic rings. The highest BCUT2D eigenvalue weighted by molar-refractivity contribution is 7.90. The Balaban J connectivity index is 1.78. The summed E-state index contributed by atoms with van der Waals surface area (Å²) in [6.07, 6.45) is 3.95. The van der Waals surface area contributed by atoms with E-state index in [1.165, 1.54) is 5.69 Å². The molecule has 0 heterocycles. The molecule has 1 saturated carbocycles. The third-order valence-electron chi connectivity index (χ3n) is 5.57. The molecule has 154 valence electrons. The Morgan fingerprint density at radius 2 is 1.56 bits per heavy atom. The van der Waals surface area contributed by atoms with Crippen molar-refractivity contribution in [3.8, 4) is 0 Å². The maximum Gasteiger partial charge on any atom is 0.216 e. The average Bonchev–Trinajstić information content (AvgIpc) is 2.62. The number of nitrogens with one attached hydrogen (secondary N) is 2. The van der Waals surface area contributed by atoms with E-state index in [0.29, 0.717) is 5.92 Å². The summed E-state index contributed by atoms with van der Waals surface area (Å²) in [4.78, 5) is 2.34. The van der Waals surface area contributed by atoms with Gasteiger partial charge in [0.1, 0.15) is 0 Å².